The second kappa shape index (κ2) is 6.99. The highest BCUT2D eigenvalue weighted by Gasteiger charge is 2.49. The molecule has 3 atom stereocenters. The first-order valence-electron chi connectivity index (χ1n) is 9.29. The lowest BCUT2D eigenvalue weighted by Crippen LogP contribution is -2.30. The third kappa shape index (κ3) is 3.25. The van der Waals surface area contributed by atoms with Crippen LogP contribution in [0.3, 0.4) is 0 Å². The van der Waals surface area contributed by atoms with Crippen molar-refractivity contribution in [2.75, 3.05) is 4.90 Å². The Morgan fingerprint density at radius 1 is 0.926 bits per heavy atom. The maximum absolute atomic E-state index is 12.8. The van der Waals surface area contributed by atoms with Gasteiger partial charge in [0.1, 0.15) is 5.75 Å². The summed E-state index contributed by atoms with van der Waals surface area (Å²) in [6, 6.07) is 15.3. The van der Waals surface area contributed by atoms with Crippen LogP contribution in [0.5, 0.6) is 5.75 Å². The molecule has 0 N–H and O–H groups in total. The van der Waals surface area contributed by atoms with Crippen molar-refractivity contribution in [3.63, 3.8) is 0 Å². The van der Waals surface area contributed by atoms with Gasteiger partial charge in [-0.25, -0.2) is 4.79 Å². The van der Waals surface area contributed by atoms with E-state index in [2.05, 4.69) is 6.92 Å². The number of anilines is 1. The molecular formula is C22H21NO4. The van der Waals surface area contributed by atoms with E-state index in [4.69, 9.17) is 4.74 Å². The number of benzene rings is 2. The number of hydrogen-bond donors (Lipinski definition) is 0. The Morgan fingerprint density at radius 3 is 2.30 bits per heavy atom. The predicted molar refractivity (Wildman–Crippen MR) is 100 cm³/mol. The largest absolute Gasteiger partial charge is 0.423 e. The topological polar surface area (TPSA) is 63.7 Å². The van der Waals surface area contributed by atoms with Gasteiger partial charge in [-0.3, -0.25) is 14.5 Å². The van der Waals surface area contributed by atoms with Gasteiger partial charge in [-0.2, -0.15) is 0 Å². The summed E-state index contributed by atoms with van der Waals surface area (Å²) in [4.78, 5) is 38.9. The molecular weight excluding hydrogens is 342 g/mol. The third-order valence-electron chi connectivity index (χ3n) is 5.50. The van der Waals surface area contributed by atoms with Gasteiger partial charge in [0.15, 0.2) is 0 Å². The van der Waals surface area contributed by atoms with E-state index >= 15 is 0 Å². The van der Waals surface area contributed by atoms with Gasteiger partial charge in [0.05, 0.1) is 23.1 Å². The molecule has 0 aromatic heterocycles. The third-order valence-corrected chi connectivity index (χ3v) is 5.50. The average molecular weight is 363 g/mol. The van der Waals surface area contributed by atoms with Gasteiger partial charge in [-0.15, -0.1) is 0 Å². The Morgan fingerprint density at radius 2 is 1.59 bits per heavy atom. The van der Waals surface area contributed by atoms with Crippen molar-refractivity contribution in [2.45, 2.75) is 26.2 Å². The Hall–Kier alpha value is -2.95. The summed E-state index contributed by atoms with van der Waals surface area (Å²) in [7, 11) is 0. The molecule has 1 heterocycles. The van der Waals surface area contributed by atoms with Crippen LogP contribution in [0, 0.1) is 17.8 Å². The van der Waals surface area contributed by atoms with Crippen LogP contribution < -0.4 is 9.64 Å². The number of fused-ring (bicyclic) bond motifs is 1. The molecule has 2 aromatic carbocycles. The van der Waals surface area contributed by atoms with Crippen molar-refractivity contribution in [2.24, 2.45) is 17.8 Å². The number of carbonyl (C=O) groups excluding carboxylic acids is 3. The molecule has 2 amide bonds. The van der Waals surface area contributed by atoms with Crippen LogP contribution in [0.2, 0.25) is 0 Å². The van der Waals surface area contributed by atoms with Crippen LogP contribution in [0.4, 0.5) is 5.69 Å². The van der Waals surface area contributed by atoms with Crippen molar-refractivity contribution < 1.29 is 19.1 Å². The van der Waals surface area contributed by atoms with E-state index in [1.54, 1.807) is 48.5 Å². The van der Waals surface area contributed by atoms with Crippen LogP contribution in [0.15, 0.2) is 54.6 Å². The van der Waals surface area contributed by atoms with Crippen molar-refractivity contribution in [1.82, 2.24) is 0 Å². The zero-order valence-corrected chi connectivity index (χ0v) is 15.1. The average Bonchev–Trinajstić information content (AvgIpc) is 2.93. The predicted octanol–water partition coefficient (Wildman–Crippen LogP) is 3.83. The zero-order valence-electron chi connectivity index (χ0n) is 15.1. The smallest absolute Gasteiger partial charge is 0.343 e. The summed E-state index contributed by atoms with van der Waals surface area (Å²) < 4.78 is 5.35. The Balaban J connectivity index is 1.50. The van der Waals surface area contributed by atoms with Crippen LogP contribution in [-0.4, -0.2) is 17.8 Å². The molecule has 1 saturated carbocycles. The maximum Gasteiger partial charge on any atom is 0.343 e. The van der Waals surface area contributed by atoms with Crippen LogP contribution >= 0.6 is 0 Å². The van der Waals surface area contributed by atoms with E-state index in [1.807, 2.05) is 6.07 Å². The summed E-state index contributed by atoms with van der Waals surface area (Å²) in [5.41, 5.74) is 0.997. The molecule has 2 aliphatic rings. The van der Waals surface area contributed by atoms with Gasteiger partial charge in [-0.1, -0.05) is 25.1 Å². The SMILES string of the molecule is C[C@H]1CC[C@H]2C(=O)N(c3ccc(OC(=O)c4ccccc4)cc3)C(=O)[C@@H]2C1. The molecule has 4 rings (SSSR count). The first-order valence-corrected chi connectivity index (χ1v) is 9.29. The Labute approximate surface area is 157 Å². The van der Waals surface area contributed by atoms with Gasteiger partial charge < -0.3 is 4.74 Å². The van der Waals surface area contributed by atoms with Gasteiger partial charge in [0, 0.05) is 0 Å². The lowest BCUT2D eigenvalue weighted by molar-refractivity contribution is -0.122. The summed E-state index contributed by atoms with van der Waals surface area (Å²) >= 11 is 0. The van der Waals surface area contributed by atoms with E-state index in [-0.39, 0.29) is 23.7 Å². The summed E-state index contributed by atoms with van der Waals surface area (Å²) in [5.74, 6) is -0.199. The van der Waals surface area contributed by atoms with E-state index in [9.17, 15) is 14.4 Å². The Bertz CT molecular complexity index is 875. The molecule has 27 heavy (non-hydrogen) atoms. The Kier molecular flexibility index (Phi) is 4.52. The molecule has 2 aromatic rings. The van der Waals surface area contributed by atoms with Crippen LogP contribution in [0.25, 0.3) is 0 Å². The molecule has 5 nitrogen and oxygen atoms in total. The van der Waals surface area contributed by atoms with E-state index in [1.165, 1.54) is 4.90 Å². The minimum absolute atomic E-state index is 0.106. The molecule has 1 aliphatic carbocycles. The van der Waals surface area contributed by atoms with Crippen molar-refractivity contribution >= 4 is 23.5 Å². The molecule has 2 fully saturated rings. The van der Waals surface area contributed by atoms with E-state index < -0.39 is 5.97 Å². The minimum atomic E-state index is -0.448. The number of amides is 2. The number of nitrogens with zero attached hydrogens (tertiary/aromatic N) is 1. The number of rotatable bonds is 3. The van der Waals surface area contributed by atoms with E-state index in [0.29, 0.717) is 22.9 Å². The van der Waals surface area contributed by atoms with Crippen molar-refractivity contribution in [3.8, 4) is 5.75 Å². The number of imide groups is 1. The number of carbonyl (C=O) groups is 3. The van der Waals surface area contributed by atoms with E-state index in [0.717, 1.165) is 19.3 Å². The standard InChI is InChI=1S/C22H21NO4/c1-14-7-12-18-19(13-14)21(25)23(20(18)24)16-8-10-17(11-9-16)27-22(26)15-5-3-2-4-6-15/h2-6,8-11,14,18-19H,7,12-13H2,1H3/t14-,18+,19+/m0/s1. The fraction of sp³-hybridized carbons (Fsp3) is 0.318. The van der Waals surface area contributed by atoms with Gasteiger partial charge in [0.25, 0.3) is 0 Å². The number of ether oxygens (including phenoxy) is 1. The fourth-order valence-corrected chi connectivity index (χ4v) is 4.05. The molecule has 0 spiro atoms. The molecule has 5 heteroatoms. The maximum atomic E-state index is 12.8. The van der Waals surface area contributed by atoms with Crippen molar-refractivity contribution in [3.05, 3.63) is 60.2 Å². The second-order valence-electron chi connectivity index (χ2n) is 7.39. The highest BCUT2D eigenvalue weighted by atomic mass is 16.5. The highest BCUT2D eigenvalue weighted by Crippen LogP contribution is 2.42. The summed E-state index contributed by atoms with van der Waals surface area (Å²) in [5, 5.41) is 0. The molecule has 1 aliphatic heterocycles. The zero-order chi connectivity index (χ0) is 19.0. The van der Waals surface area contributed by atoms with Crippen LogP contribution in [-0.2, 0) is 9.59 Å². The lowest BCUT2D eigenvalue weighted by Gasteiger charge is -2.25. The quantitative estimate of drug-likeness (QED) is 0.472. The first-order chi connectivity index (χ1) is 13.0. The number of hydrogen-bond acceptors (Lipinski definition) is 4. The number of esters is 1. The molecule has 138 valence electrons. The summed E-state index contributed by atoms with van der Waals surface area (Å²) in [6.45, 7) is 2.13. The minimum Gasteiger partial charge on any atom is -0.423 e. The lowest BCUT2D eigenvalue weighted by atomic mass is 9.76. The molecule has 0 radical (unpaired) electrons. The first kappa shape index (κ1) is 17.5. The fourth-order valence-electron chi connectivity index (χ4n) is 4.05. The van der Waals surface area contributed by atoms with Gasteiger partial charge in [0.2, 0.25) is 11.8 Å². The van der Waals surface area contributed by atoms with Gasteiger partial charge in [-0.05, 0) is 61.6 Å². The second-order valence-corrected chi connectivity index (χ2v) is 7.39. The van der Waals surface area contributed by atoms with Crippen molar-refractivity contribution in [1.29, 1.82) is 0 Å². The molecule has 0 unspecified atom stereocenters. The highest BCUT2D eigenvalue weighted by molar-refractivity contribution is 6.22. The van der Waals surface area contributed by atoms with Crippen LogP contribution in [0.1, 0.15) is 36.5 Å². The normalized spacial score (nSPS) is 24.6. The molecule has 1 saturated heterocycles. The van der Waals surface area contributed by atoms with Gasteiger partial charge >= 0.3 is 5.97 Å². The monoisotopic (exact) mass is 363 g/mol. The summed E-state index contributed by atoms with van der Waals surface area (Å²) in [6.07, 6.45) is 2.54. The molecule has 0 bridgehead atoms.